The number of carbonyl (C=O) groups excluding carboxylic acids is 1. The molecule has 0 N–H and O–H groups in total. The third kappa shape index (κ3) is 2.27. The van der Waals surface area contributed by atoms with Crippen molar-refractivity contribution in [3.63, 3.8) is 0 Å². The van der Waals surface area contributed by atoms with E-state index in [0.29, 0.717) is 4.90 Å². The van der Waals surface area contributed by atoms with E-state index < -0.39 is 43.2 Å². The van der Waals surface area contributed by atoms with Crippen LogP contribution in [0, 0.1) is 5.41 Å². The summed E-state index contributed by atoms with van der Waals surface area (Å²) >= 11 is 1.15. The van der Waals surface area contributed by atoms with Gasteiger partial charge in [-0.1, -0.05) is 0 Å². The van der Waals surface area contributed by atoms with Gasteiger partial charge in [-0.3, -0.25) is 4.79 Å². The molecule has 0 bridgehead atoms. The van der Waals surface area contributed by atoms with Crippen LogP contribution in [0.4, 0.5) is 26.3 Å². The Balaban J connectivity index is 2.27. The fourth-order valence-electron chi connectivity index (χ4n) is 2.18. The molecule has 1 aromatic rings. The monoisotopic (exact) mass is 317 g/mol. The summed E-state index contributed by atoms with van der Waals surface area (Å²) in [7, 11) is 0. The largest absolute Gasteiger partial charge is 0.404 e. The number of amides is 1. The molecule has 2 nitrogen and oxygen atoms in total. The Kier molecular flexibility index (Phi) is 3.52. The van der Waals surface area contributed by atoms with Crippen LogP contribution in [0.15, 0.2) is 16.8 Å². The second kappa shape index (κ2) is 4.64. The van der Waals surface area contributed by atoms with Crippen molar-refractivity contribution in [2.75, 3.05) is 13.1 Å². The molecular weight excluding hydrogens is 308 g/mol. The Bertz CT molecular complexity index is 478. The quantitative estimate of drug-likeness (QED) is 0.723. The zero-order valence-electron chi connectivity index (χ0n) is 9.88. The average Bonchev–Trinajstić information content (AvgIpc) is 2.96. The molecule has 0 spiro atoms. The standard InChI is InChI=1S/C11H9F6NOS/c12-10(13,14)9(11(15,16)17)2-3-18(6-9)8(19)7-1-4-20-5-7/h1,4-5H,2-3,6H2. The van der Waals surface area contributed by atoms with Gasteiger partial charge in [-0.15, -0.1) is 0 Å². The highest BCUT2D eigenvalue weighted by molar-refractivity contribution is 7.08. The first-order valence-electron chi connectivity index (χ1n) is 5.53. The van der Waals surface area contributed by atoms with E-state index in [1.807, 2.05) is 0 Å². The molecule has 0 unspecified atom stereocenters. The van der Waals surface area contributed by atoms with E-state index in [4.69, 9.17) is 0 Å². The lowest BCUT2D eigenvalue weighted by Gasteiger charge is -2.33. The number of halogens is 6. The van der Waals surface area contributed by atoms with Crippen LogP contribution in [0.25, 0.3) is 0 Å². The van der Waals surface area contributed by atoms with E-state index in [0.717, 1.165) is 11.3 Å². The molecule has 9 heteroatoms. The second-order valence-corrected chi connectivity index (χ2v) is 5.35. The molecule has 112 valence electrons. The van der Waals surface area contributed by atoms with Gasteiger partial charge in [0.15, 0.2) is 5.41 Å². The molecule has 1 aliphatic rings. The lowest BCUT2D eigenvalue weighted by Crippen LogP contribution is -2.52. The van der Waals surface area contributed by atoms with Crippen LogP contribution < -0.4 is 0 Å². The lowest BCUT2D eigenvalue weighted by atomic mass is 9.85. The number of likely N-dealkylation sites (tertiary alicyclic amines) is 1. The van der Waals surface area contributed by atoms with E-state index in [9.17, 15) is 31.1 Å². The van der Waals surface area contributed by atoms with Gasteiger partial charge in [0.1, 0.15) is 0 Å². The molecule has 20 heavy (non-hydrogen) atoms. The number of alkyl halides is 6. The van der Waals surface area contributed by atoms with Crippen molar-refractivity contribution < 1.29 is 31.1 Å². The maximum Gasteiger partial charge on any atom is 0.404 e. The van der Waals surface area contributed by atoms with Gasteiger partial charge >= 0.3 is 12.4 Å². The topological polar surface area (TPSA) is 20.3 Å². The number of rotatable bonds is 1. The van der Waals surface area contributed by atoms with Crippen molar-refractivity contribution >= 4 is 17.2 Å². The molecule has 1 saturated heterocycles. The van der Waals surface area contributed by atoms with Crippen LogP contribution in [-0.2, 0) is 0 Å². The summed E-state index contributed by atoms with van der Waals surface area (Å²) in [6, 6.07) is 1.37. The van der Waals surface area contributed by atoms with Gasteiger partial charge in [-0.25, -0.2) is 0 Å². The molecule has 1 fully saturated rings. The predicted molar refractivity (Wildman–Crippen MR) is 59.4 cm³/mol. The van der Waals surface area contributed by atoms with E-state index in [1.165, 1.54) is 16.8 Å². The zero-order valence-corrected chi connectivity index (χ0v) is 10.7. The van der Waals surface area contributed by atoms with Gasteiger partial charge in [0.25, 0.3) is 5.91 Å². The first-order chi connectivity index (χ1) is 9.08. The lowest BCUT2D eigenvalue weighted by molar-refractivity contribution is -0.334. The average molecular weight is 317 g/mol. The van der Waals surface area contributed by atoms with Crippen molar-refractivity contribution in [2.45, 2.75) is 18.8 Å². The Morgan fingerprint density at radius 3 is 2.20 bits per heavy atom. The number of hydrogen-bond donors (Lipinski definition) is 0. The van der Waals surface area contributed by atoms with Gasteiger partial charge < -0.3 is 4.90 Å². The maximum absolute atomic E-state index is 12.8. The van der Waals surface area contributed by atoms with Crippen molar-refractivity contribution in [3.05, 3.63) is 22.4 Å². The van der Waals surface area contributed by atoms with Crippen LogP contribution in [0.3, 0.4) is 0 Å². The summed E-state index contributed by atoms with van der Waals surface area (Å²) in [5.74, 6) is -0.804. The Hall–Kier alpha value is -1.25. The highest BCUT2D eigenvalue weighted by Gasteiger charge is 2.72. The number of nitrogens with zero attached hydrogens (tertiary/aromatic N) is 1. The van der Waals surface area contributed by atoms with Gasteiger partial charge in [0.2, 0.25) is 0 Å². The normalized spacial score (nSPS) is 19.4. The van der Waals surface area contributed by atoms with Crippen LogP contribution in [0.1, 0.15) is 16.8 Å². The highest BCUT2D eigenvalue weighted by atomic mass is 32.1. The third-order valence-electron chi connectivity index (χ3n) is 3.41. The molecule has 0 aromatic carbocycles. The van der Waals surface area contributed by atoms with Gasteiger partial charge in [-0.05, 0) is 17.9 Å². The van der Waals surface area contributed by atoms with E-state index in [1.54, 1.807) is 0 Å². The summed E-state index contributed by atoms with van der Waals surface area (Å²) in [5.41, 5.74) is -3.72. The highest BCUT2D eigenvalue weighted by Crippen LogP contribution is 2.55. The number of thiophene rings is 1. The SMILES string of the molecule is O=C(c1ccsc1)N1CCC(C(F)(F)F)(C(F)(F)F)C1. The van der Waals surface area contributed by atoms with Crippen molar-refractivity contribution in [1.82, 2.24) is 4.90 Å². The maximum atomic E-state index is 12.8. The fourth-order valence-corrected chi connectivity index (χ4v) is 2.81. The molecule has 0 aliphatic carbocycles. The van der Waals surface area contributed by atoms with E-state index in [2.05, 4.69) is 0 Å². The summed E-state index contributed by atoms with van der Waals surface area (Å²) in [6.45, 7) is -1.94. The summed E-state index contributed by atoms with van der Waals surface area (Å²) in [5, 5.41) is 2.92. The molecule has 0 atom stereocenters. The van der Waals surface area contributed by atoms with Crippen LogP contribution >= 0.6 is 11.3 Å². The van der Waals surface area contributed by atoms with Gasteiger partial charge in [0, 0.05) is 18.5 Å². The minimum absolute atomic E-state index is 0.107. The molecule has 2 heterocycles. The van der Waals surface area contributed by atoms with Gasteiger partial charge in [-0.2, -0.15) is 37.7 Å². The molecular formula is C11H9F6NOS. The van der Waals surface area contributed by atoms with E-state index in [-0.39, 0.29) is 5.56 Å². The summed E-state index contributed by atoms with van der Waals surface area (Å²) < 4.78 is 77.0. The molecule has 0 saturated carbocycles. The molecule has 0 radical (unpaired) electrons. The molecule has 1 amide bonds. The Labute approximate surface area is 114 Å². The minimum atomic E-state index is -5.44. The minimum Gasteiger partial charge on any atom is -0.337 e. The fraction of sp³-hybridized carbons (Fsp3) is 0.545. The zero-order chi connectivity index (χ0) is 15.2. The van der Waals surface area contributed by atoms with E-state index >= 15 is 0 Å². The van der Waals surface area contributed by atoms with Gasteiger partial charge in [0.05, 0.1) is 5.56 Å². The predicted octanol–water partition coefficient (Wildman–Crippen LogP) is 3.71. The van der Waals surface area contributed by atoms with Crippen molar-refractivity contribution in [2.24, 2.45) is 5.41 Å². The third-order valence-corrected chi connectivity index (χ3v) is 4.09. The number of hydrogen-bond acceptors (Lipinski definition) is 2. The molecule has 1 aromatic heterocycles. The Morgan fingerprint density at radius 2 is 1.80 bits per heavy atom. The van der Waals surface area contributed by atoms with Crippen molar-refractivity contribution in [1.29, 1.82) is 0 Å². The first kappa shape index (κ1) is 15.1. The first-order valence-corrected chi connectivity index (χ1v) is 6.48. The Morgan fingerprint density at radius 1 is 1.20 bits per heavy atom. The molecule has 1 aliphatic heterocycles. The molecule has 2 rings (SSSR count). The summed E-state index contributed by atoms with van der Waals surface area (Å²) in [6.07, 6.45) is -12.0. The van der Waals surface area contributed by atoms with Crippen LogP contribution in [0.2, 0.25) is 0 Å². The van der Waals surface area contributed by atoms with Crippen LogP contribution in [0.5, 0.6) is 0 Å². The summed E-state index contributed by atoms with van der Waals surface area (Å²) in [4.78, 5) is 12.5. The smallest absolute Gasteiger partial charge is 0.337 e. The van der Waals surface area contributed by atoms with Crippen LogP contribution in [-0.4, -0.2) is 36.2 Å². The number of carbonyl (C=O) groups is 1. The second-order valence-electron chi connectivity index (χ2n) is 4.57. The van der Waals surface area contributed by atoms with Crippen molar-refractivity contribution in [3.8, 4) is 0 Å².